The molecule has 2 atom stereocenters. The van der Waals surface area contributed by atoms with Gasteiger partial charge in [-0.1, -0.05) is 78.9 Å². The lowest BCUT2D eigenvalue weighted by atomic mass is 10.1. The van der Waals surface area contributed by atoms with Gasteiger partial charge in [0.2, 0.25) is 17.7 Å². The fourth-order valence-corrected chi connectivity index (χ4v) is 3.83. The Kier molecular flexibility index (Phi) is 11.7. The number of hydrazone groups is 1. The van der Waals surface area contributed by atoms with Gasteiger partial charge in [0.1, 0.15) is 18.4 Å². The molecule has 0 aliphatic carbocycles. The van der Waals surface area contributed by atoms with E-state index in [0.29, 0.717) is 5.56 Å². The molecule has 41 heavy (non-hydrogen) atoms. The molecule has 0 aliphatic heterocycles. The van der Waals surface area contributed by atoms with Crippen molar-refractivity contribution in [2.24, 2.45) is 5.10 Å². The van der Waals surface area contributed by atoms with Gasteiger partial charge >= 0.3 is 0 Å². The fourth-order valence-electron chi connectivity index (χ4n) is 3.83. The summed E-state index contributed by atoms with van der Waals surface area (Å²) in [5.41, 5.74) is 4.35. The molecule has 0 saturated carbocycles. The number of benzene rings is 3. The molecule has 212 valence electrons. The lowest BCUT2D eigenvalue weighted by Gasteiger charge is -2.18. The molecule has 0 bridgehead atoms. The van der Waals surface area contributed by atoms with Crippen molar-refractivity contribution in [1.29, 1.82) is 0 Å². The van der Waals surface area contributed by atoms with E-state index in [-0.39, 0.29) is 25.3 Å². The number of rotatable bonds is 13. The number of nitrogens with one attached hydrogen (secondary N) is 5. The van der Waals surface area contributed by atoms with Crippen LogP contribution in [0.15, 0.2) is 96.1 Å². The molecule has 3 rings (SSSR count). The van der Waals surface area contributed by atoms with Crippen molar-refractivity contribution in [1.82, 2.24) is 26.7 Å². The van der Waals surface area contributed by atoms with Gasteiger partial charge in [-0.15, -0.1) is 0 Å². The van der Waals surface area contributed by atoms with E-state index in [1.807, 2.05) is 60.7 Å². The third-order valence-corrected chi connectivity index (χ3v) is 5.80. The summed E-state index contributed by atoms with van der Waals surface area (Å²) >= 11 is 0. The molecule has 0 fully saturated rings. The Morgan fingerprint density at radius 2 is 1.22 bits per heavy atom. The van der Waals surface area contributed by atoms with E-state index in [0.717, 1.165) is 17.5 Å². The maximum atomic E-state index is 12.9. The highest BCUT2D eigenvalue weighted by molar-refractivity contribution is 5.98. The molecule has 5 amide bonds. The van der Waals surface area contributed by atoms with Crippen LogP contribution in [0.3, 0.4) is 0 Å². The highest BCUT2D eigenvalue weighted by Gasteiger charge is 2.22. The highest BCUT2D eigenvalue weighted by Crippen LogP contribution is 2.05. The number of hydrogen-bond acceptors (Lipinski definition) is 6. The van der Waals surface area contributed by atoms with Crippen LogP contribution in [-0.2, 0) is 32.0 Å². The van der Waals surface area contributed by atoms with Gasteiger partial charge in [-0.3, -0.25) is 24.0 Å². The summed E-state index contributed by atoms with van der Waals surface area (Å²) in [5.74, 6) is -2.51. The normalized spacial score (nSPS) is 12.0. The molecular weight excluding hydrogens is 524 g/mol. The standard InChI is InChI=1S/C30H32N6O5/c1-21(37)34-26(18-23-13-7-3-8-14-23)30(41)36-33-20-32-29(40)25(17-22-11-5-2-6-12-22)35-27(38)19-31-28(39)24-15-9-4-10-16-24/h2-16,20,25-26H,17-19H2,1H3,(H,31,39)(H,34,37)(H,35,38)(H,36,41)(H,32,33,40)/t25-,26-/m0/s1. The molecule has 11 heteroatoms. The largest absolute Gasteiger partial charge is 0.344 e. The van der Waals surface area contributed by atoms with E-state index < -0.39 is 35.7 Å². The van der Waals surface area contributed by atoms with E-state index in [1.165, 1.54) is 6.92 Å². The number of amides is 5. The van der Waals surface area contributed by atoms with Crippen molar-refractivity contribution in [2.45, 2.75) is 31.8 Å². The lowest BCUT2D eigenvalue weighted by Crippen LogP contribution is -2.50. The van der Waals surface area contributed by atoms with Crippen LogP contribution >= 0.6 is 0 Å². The molecule has 11 nitrogen and oxygen atoms in total. The Balaban J connectivity index is 1.57. The Hall–Kier alpha value is -5.32. The second kappa shape index (κ2) is 15.9. The van der Waals surface area contributed by atoms with Gasteiger partial charge in [-0.25, -0.2) is 5.43 Å². The maximum absolute atomic E-state index is 12.9. The van der Waals surface area contributed by atoms with E-state index in [9.17, 15) is 24.0 Å². The van der Waals surface area contributed by atoms with Crippen LogP contribution in [0, 0.1) is 0 Å². The van der Waals surface area contributed by atoms with Crippen LogP contribution in [0.1, 0.15) is 28.4 Å². The van der Waals surface area contributed by atoms with E-state index in [1.54, 1.807) is 30.3 Å². The summed E-state index contributed by atoms with van der Waals surface area (Å²) in [7, 11) is 0. The first kappa shape index (κ1) is 30.2. The molecule has 0 unspecified atom stereocenters. The molecule has 0 spiro atoms. The summed E-state index contributed by atoms with van der Waals surface area (Å²) in [5, 5.41) is 14.0. The first-order valence-corrected chi connectivity index (χ1v) is 12.9. The van der Waals surface area contributed by atoms with Crippen molar-refractivity contribution in [3.63, 3.8) is 0 Å². The summed E-state index contributed by atoms with van der Waals surface area (Å²) in [6.07, 6.45) is 1.42. The predicted molar refractivity (Wildman–Crippen MR) is 153 cm³/mol. The zero-order valence-corrected chi connectivity index (χ0v) is 22.5. The minimum atomic E-state index is -0.995. The fraction of sp³-hybridized carbons (Fsp3) is 0.200. The van der Waals surface area contributed by atoms with E-state index in [4.69, 9.17) is 0 Å². The molecule has 3 aromatic carbocycles. The van der Waals surface area contributed by atoms with Gasteiger partial charge in [-0.2, -0.15) is 5.10 Å². The van der Waals surface area contributed by atoms with Gasteiger partial charge in [0.25, 0.3) is 11.8 Å². The van der Waals surface area contributed by atoms with Crippen LogP contribution in [0.25, 0.3) is 0 Å². The van der Waals surface area contributed by atoms with Crippen LogP contribution < -0.4 is 26.7 Å². The summed E-state index contributed by atoms with van der Waals surface area (Å²) in [4.78, 5) is 62.0. The SMILES string of the molecule is CC(=O)N[C@@H](Cc1ccccc1)C(=O)N/N=C/NC(=O)[C@H](Cc1ccccc1)NC(=O)CNC(=O)c1ccccc1. The molecule has 0 aromatic heterocycles. The van der Waals surface area contributed by atoms with Gasteiger partial charge in [0.05, 0.1) is 6.54 Å². The number of nitrogens with zero attached hydrogens (tertiary/aromatic N) is 1. The van der Waals surface area contributed by atoms with Crippen LogP contribution in [0.4, 0.5) is 0 Å². The topological polar surface area (TPSA) is 158 Å². The molecule has 0 saturated heterocycles. The van der Waals surface area contributed by atoms with Crippen LogP contribution in [0.2, 0.25) is 0 Å². The van der Waals surface area contributed by atoms with Crippen molar-refractivity contribution < 1.29 is 24.0 Å². The monoisotopic (exact) mass is 556 g/mol. The van der Waals surface area contributed by atoms with E-state index in [2.05, 4.69) is 31.8 Å². The molecule has 0 aliphatic rings. The lowest BCUT2D eigenvalue weighted by molar-refractivity contribution is -0.128. The second-order valence-electron chi connectivity index (χ2n) is 9.04. The highest BCUT2D eigenvalue weighted by atomic mass is 16.2. The molecular formula is C30H32N6O5. The van der Waals surface area contributed by atoms with Crippen LogP contribution in [-0.4, -0.2) is 54.5 Å². The zero-order chi connectivity index (χ0) is 29.5. The van der Waals surface area contributed by atoms with Crippen molar-refractivity contribution >= 4 is 35.9 Å². The van der Waals surface area contributed by atoms with Crippen molar-refractivity contribution in [2.75, 3.05) is 6.54 Å². The number of carbonyl (C=O) groups is 5. The van der Waals surface area contributed by atoms with Crippen molar-refractivity contribution in [3.8, 4) is 0 Å². The van der Waals surface area contributed by atoms with E-state index >= 15 is 0 Å². The minimum absolute atomic E-state index is 0.174. The average Bonchev–Trinajstić information content (AvgIpc) is 2.98. The first-order chi connectivity index (χ1) is 19.8. The van der Waals surface area contributed by atoms with Gasteiger partial charge in [-0.05, 0) is 23.3 Å². The quantitative estimate of drug-likeness (QED) is 0.121. The molecule has 3 aromatic rings. The molecule has 0 heterocycles. The van der Waals surface area contributed by atoms with Crippen molar-refractivity contribution in [3.05, 3.63) is 108 Å². The first-order valence-electron chi connectivity index (χ1n) is 12.9. The van der Waals surface area contributed by atoms with Gasteiger partial charge in [0, 0.05) is 25.3 Å². The average molecular weight is 557 g/mol. The summed E-state index contributed by atoms with van der Waals surface area (Å²) in [6.45, 7) is 0.978. The summed E-state index contributed by atoms with van der Waals surface area (Å²) in [6, 6.07) is 24.8. The number of carbonyl (C=O) groups excluding carboxylic acids is 5. The van der Waals surface area contributed by atoms with Gasteiger partial charge < -0.3 is 21.3 Å². The Bertz CT molecular complexity index is 1350. The Morgan fingerprint density at radius 3 is 1.76 bits per heavy atom. The zero-order valence-electron chi connectivity index (χ0n) is 22.5. The van der Waals surface area contributed by atoms with Gasteiger partial charge in [0.15, 0.2) is 0 Å². The minimum Gasteiger partial charge on any atom is -0.344 e. The summed E-state index contributed by atoms with van der Waals surface area (Å²) < 4.78 is 0. The maximum Gasteiger partial charge on any atom is 0.263 e. The molecule has 5 N–H and O–H groups in total. The number of hydrogen-bond donors (Lipinski definition) is 5. The third kappa shape index (κ3) is 10.8. The predicted octanol–water partition coefficient (Wildman–Crippen LogP) is 1.07. The Morgan fingerprint density at radius 1 is 0.707 bits per heavy atom. The smallest absolute Gasteiger partial charge is 0.263 e. The molecule has 0 radical (unpaired) electrons. The second-order valence-corrected chi connectivity index (χ2v) is 9.04. The van der Waals surface area contributed by atoms with Crippen LogP contribution in [0.5, 0.6) is 0 Å². The Labute approximate surface area is 237 Å². The third-order valence-electron chi connectivity index (χ3n) is 5.80.